The molecule has 0 aromatic rings. The predicted octanol–water partition coefficient (Wildman–Crippen LogP) is 1.25. The Kier molecular flexibility index (Phi) is 2.07. The molecule has 0 bridgehead atoms. The van der Waals surface area contributed by atoms with Crippen LogP contribution in [-0.2, 0) is 0 Å². The molecule has 1 aliphatic heterocycles. The van der Waals surface area contributed by atoms with Gasteiger partial charge in [0, 0.05) is 18.9 Å². The van der Waals surface area contributed by atoms with Gasteiger partial charge in [0.05, 0.1) is 0 Å². The lowest BCUT2D eigenvalue weighted by atomic mass is 10.5. The van der Waals surface area contributed by atoms with Crippen molar-refractivity contribution in [3.63, 3.8) is 0 Å². The molecule has 1 heterocycles. The van der Waals surface area contributed by atoms with Gasteiger partial charge in [0.15, 0.2) is 6.34 Å². The lowest BCUT2D eigenvalue weighted by Crippen LogP contribution is -2.12. The molecule has 1 radical (unpaired) electrons. The summed E-state index contributed by atoms with van der Waals surface area (Å²) in [4.78, 5) is 5.74. The Morgan fingerprint density at radius 1 is 1.56 bits per heavy atom. The third-order valence-electron chi connectivity index (χ3n) is 1.06. The highest BCUT2D eigenvalue weighted by Gasteiger charge is 1.89. The third-order valence-corrected chi connectivity index (χ3v) is 1.06. The summed E-state index contributed by atoms with van der Waals surface area (Å²) in [7, 11) is 0. The minimum absolute atomic E-state index is 0.918. The second kappa shape index (κ2) is 3.07. The van der Waals surface area contributed by atoms with Gasteiger partial charge in [0.25, 0.3) is 0 Å². The van der Waals surface area contributed by atoms with Gasteiger partial charge in [-0.15, -0.1) is 0 Å². The van der Waals surface area contributed by atoms with Gasteiger partial charge in [-0.1, -0.05) is 0 Å². The van der Waals surface area contributed by atoms with Crippen LogP contribution in [0.4, 0.5) is 0 Å². The van der Waals surface area contributed by atoms with Crippen LogP contribution in [0.25, 0.3) is 0 Å². The summed E-state index contributed by atoms with van der Waals surface area (Å²) in [6.45, 7) is 2.97. The van der Waals surface area contributed by atoms with E-state index >= 15 is 0 Å². The normalized spacial score (nSPS) is 16.3. The van der Waals surface area contributed by atoms with Gasteiger partial charge in [0.1, 0.15) is 0 Å². The van der Waals surface area contributed by atoms with Crippen molar-refractivity contribution in [2.24, 2.45) is 4.99 Å². The molecule has 1 rings (SSSR count). The van der Waals surface area contributed by atoms with Crippen LogP contribution in [0.5, 0.6) is 0 Å². The average Bonchev–Trinajstić information content (AvgIpc) is 2.13. The Morgan fingerprint density at radius 2 is 2.44 bits per heavy atom. The van der Waals surface area contributed by atoms with Crippen molar-refractivity contribution in [3.8, 4) is 0 Å². The first-order valence-electron chi connectivity index (χ1n) is 2.99. The molecule has 0 saturated heterocycles. The van der Waals surface area contributed by atoms with Crippen molar-refractivity contribution < 1.29 is 0 Å². The number of aliphatic imine (C=N–C) groups is 1. The van der Waals surface area contributed by atoms with Crippen LogP contribution < -0.4 is 0 Å². The van der Waals surface area contributed by atoms with Crippen molar-refractivity contribution >= 4 is 6.34 Å². The molecule has 0 amide bonds. The fourth-order valence-corrected chi connectivity index (χ4v) is 0.563. The number of hydrogen-bond donors (Lipinski definition) is 0. The van der Waals surface area contributed by atoms with Gasteiger partial charge in [-0.25, -0.2) is 4.99 Å². The molecule has 9 heavy (non-hydrogen) atoms. The second-order valence-electron chi connectivity index (χ2n) is 1.70. The van der Waals surface area contributed by atoms with E-state index in [1.807, 2.05) is 23.3 Å². The minimum Gasteiger partial charge on any atom is -0.330 e. The summed E-state index contributed by atoms with van der Waals surface area (Å²) in [5.41, 5.74) is 0. The largest absolute Gasteiger partial charge is 0.330 e. The molecule has 0 aromatic carbocycles. The first kappa shape index (κ1) is 6.08. The van der Waals surface area contributed by atoms with E-state index in [9.17, 15) is 0 Å². The van der Waals surface area contributed by atoms with E-state index in [-0.39, 0.29) is 0 Å². The van der Waals surface area contributed by atoms with Crippen molar-refractivity contribution in [2.45, 2.75) is 6.92 Å². The summed E-state index contributed by atoms with van der Waals surface area (Å²) in [5, 5.41) is 0. The van der Waals surface area contributed by atoms with Crippen molar-refractivity contribution in [3.05, 3.63) is 24.6 Å². The number of hydrogen-bond acceptors (Lipinski definition) is 2. The van der Waals surface area contributed by atoms with Crippen LogP contribution >= 0.6 is 0 Å². The maximum atomic E-state index is 3.86. The van der Waals surface area contributed by atoms with E-state index < -0.39 is 0 Å². The quantitative estimate of drug-likeness (QED) is 0.510. The summed E-state index contributed by atoms with van der Waals surface area (Å²) in [6, 6.07) is 0. The van der Waals surface area contributed by atoms with E-state index in [1.165, 1.54) is 0 Å². The minimum atomic E-state index is 0.918. The summed E-state index contributed by atoms with van der Waals surface area (Å²) >= 11 is 0. The zero-order valence-corrected chi connectivity index (χ0v) is 5.41. The monoisotopic (exact) mass is 121 g/mol. The van der Waals surface area contributed by atoms with E-state index in [0.29, 0.717) is 0 Å². The van der Waals surface area contributed by atoms with E-state index in [4.69, 9.17) is 0 Å². The van der Waals surface area contributed by atoms with E-state index in [1.54, 1.807) is 6.20 Å². The van der Waals surface area contributed by atoms with Gasteiger partial charge >= 0.3 is 0 Å². The van der Waals surface area contributed by atoms with Crippen LogP contribution in [0.1, 0.15) is 6.92 Å². The Hall–Kier alpha value is -1.05. The maximum Gasteiger partial charge on any atom is 0.176 e. The fourth-order valence-electron chi connectivity index (χ4n) is 0.563. The maximum absolute atomic E-state index is 3.86. The van der Waals surface area contributed by atoms with Gasteiger partial charge in [0.2, 0.25) is 0 Å². The fraction of sp³-hybridized carbons (Fsp3) is 0.286. The predicted molar refractivity (Wildman–Crippen MR) is 38.1 cm³/mol. The molecule has 0 aromatic heterocycles. The number of rotatable bonds is 1. The molecular weight excluding hydrogens is 112 g/mol. The summed E-state index contributed by atoms with van der Waals surface area (Å²) in [5.74, 6) is 0. The molecule has 0 spiro atoms. The lowest BCUT2D eigenvalue weighted by molar-refractivity contribution is 0.608. The number of allylic oxidation sites excluding steroid dienone is 2. The van der Waals surface area contributed by atoms with Gasteiger partial charge < -0.3 is 4.90 Å². The molecule has 0 fully saturated rings. The molecule has 0 unspecified atom stereocenters. The Bertz CT molecular complexity index is 140. The molecule has 1 aliphatic rings. The molecule has 0 aliphatic carbocycles. The second-order valence-corrected chi connectivity index (χ2v) is 1.70. The van der Waals surface area contributed by atoms with E-state index in [0.717, 1.165) is 6.54 Å². The molecular formula is C7H9N2. The molecule has 0 saturated carbocycles. The van der Waals surface area contributed by atoms with Crippen LogP contribution in [0.15, 0.2) is 29.5 Å². The molecule has 0 atom stereocenters. The smallest absolute Gasteiger partial charge is 0.176 e. The van der Waals surface area contributed by atoms with Crippen LogP contribution in [-0.4, -0.2) is 17.8 Å². The van der Waals surface area contributed by atoms with Gasteiger partial charge in [-0.2, -0.15) is 0 Å². The Labute approximate surface area is 55.2 Å². The van der Waals surface area contributed by atoms with Gasteiger partial charge in [-0.05, 0) is 19.1 Å². The van der Waals surface area contributed by atoms with E-state index in [2.05, 4.69) is 18.3 Å². The van der Waals surface area contributed by atoms with Crippen LogP contribution in [0.3, 0.4) is 0 Å². The van der Waals surface area contributed by atoms with Gasteiger partial charge in [-0.3, -0.25) is 0 Å². The van der Waals surface area contributed by atoms with Crippen molar-refractivity contribution in [1.82, 2.24) is 4.90 Å². The zero-order valence-electron chi connectivity index (χ0n) is 5.41. The van der Waals surface area contributed by atoms with Crippen molar-refractivity contribution in [2.75, 3.05) is 6.54 Å². The molecule has 2 nitrogen and oxygen atoms in total. The topological polar surface area (TPSA) is 15.6 Å². The SMILES string of the molecule is CCN1[C]=NC=CC=C1. The van der Waals surface area contributed by atoms with Crippen LogP contribution in [0.2, 0.25) is 0 Å². The van der Waals surface area contributed by atoms with Crippen molar-refractivity contribution in [1.29, 1.82) is 0 Å². The average molecular weight is 121 g/mol. The standard InChI is InChI=1S/C7H9N2/c1-2-9-6-4-3-5-8-7-9/h3-6H,2H2,1H3. The zero-order chi connectivity index (χ0) is 6.53. The molecule has 0 N–H and O–H groups in total. The summed E-state index contributed by atoms with van der Waals surface area (Å²) < 4.78 is 0. The third kappa shape index (κ3) is 1.72. The Morgan fingerprint density at radius 3 is 3.22 bits per heavy atom. The van der Waals surface area contributed by atoms with Crippen LogP contribution in [0, 0.1) is 0 Å². The first-order chi connectivity index (χ1) is 4.43. The highest BCUT2D eigenvalue weighted by molar-refractivity contribution is 5.58. The summed E-state index contributed by atoms with van der Waals surface area (Å²) in [6.07, 6.45) is 10.3. The highest BCUT2D eigenvalue weighted by Crippen LogP contribution is 1.90. The molecule has 2 heteroatoms. The Balaban J connectivity index is 2.58. The lowest BCUT2D eigenvalue weighted by Gasteiger charge is -2.06. The number of nitrogens with zero attached hydrogens (tertiary/aromatic N) is 2. The first-order valence-corrected chi connectivity index (χ1v) is 2.99. The highest BCUT2D eigenvalue weighted by atomic mass is 15.1. The molecule has 47 valence electrons.